The Morgan fingerprint density at radius 2 is 2.00 bits per heavy atom. The molecule has 17 heavy (non-hydrogen) atoms. The molecule has 92 valence electrons. The van der Waals surface area contributed by atoms with Gasteiger partial charge < -0.3 is 5.11 Å². The molecular weight excluding hydrogens is 243 g/mol. The zero-order valence-corrected chi connectivity index (χ0v) is 10.4. The molecule has 0 atom stereocenters. The van der Waals surface area contributed by atoms with E-state index < -0.39 is 17.2 Å². The van der Waals surface area contributed by atoms with Crippen molar-refractivity contribution in [3.8, 4) is 0 Å². The van der Waals surface area contributed by atoms with Gasteiger partial charge >= 0.3 is 5.97 Å². The summed E-state index contributed by atoms with van der Waals surface area (Å²) in [4.78, 5) is 11.5. The molecule has 0 aromatic heterocycles. The fraction of sp³-hybridized carbons (Fsp3) is 0.462. The fourth-order valence-electron chi connectivity index (χ4n) is 2.72. The highest BCUT2D eigenvalue weighted by Crippen LogP contribution is 2.44. The van der Waals surface area contributed by atoms with Gasteiger partial charge in [0.2, 0.25) is 0 Å². The summed E-state index contributed by atoms with van der Waals surface area (Å²) in [6.07, 6.45) is 2.84. The van der Waals surface area contributed by atoms with Gasteiger partial charge in [-0.2, -0.15) is 0 Å². The van der Waals surface area contributed by atoms with Gasteiger partial charge in [-0.3, -0.25) is 4.79 Å². The van der Waals surface area contributed by atoms with Crippen LogP contribution in [0.2, 0.25) is 5.02 Å². The number of rotatable bonds is 2. The molecule has 0 bridgehead atoms. The molecule has 1 aromatic carbocycles. The van der Waals surface area contributed by atoms with Crippen molar-refractivity contribution in [3.63, 3.8) is 0 Å². The molecule has 1 N–H and O–H groups in total. The average molecular weight is 257 g/mol. The molecule has 0 aliphatic heterocycles. The van der Waals surface area contributed by atoms with E-state index in [1.54, 1.807) is 6.92 Å². The maximum absolute atomic E-state index is 13.4. The van der Waals surface area contributed by atoms with Crippen LogP contribution in [0.5, 0.6) is 0 Å². The Morgan fingerprint density at radius 1 is 1.41 bits per heavy atom. The van der Waals surface area contributed by atoms with Crippen molar-refractivity contribution in [1.29, 1.82) is 0 Å². The van der Waals surface area contributed by atoms with Gasteiger partial charge in [-0.05, 0) is 43.0 Å². The van der Waals surface area contributed by atoms with Crippen LogP contribution in [0.25, 0.3) is 0 Å². The van der Waals surface area contributed by atoms with Crippen molar-refractivity contribution in [1.82, 2.24) is 0 Å². The Hall–Kier alpha value is -1.09. The minimum atomic E-state index is -0.949. The highest BCUT2D eigenvalue weighted by molar-refractivity contribution is 6.31. The van der Waals surface area contributed by atoms with E-state index in [2.05, 4.69) is 0 Å². The van der Waals surface area contributed by atoms with Gasteiger partial charge in [0.25, 0.3) is 0 Å². The third-order valence-corrected chi connectivity index (χ3v) is 4.08. The van der Waals surface area contributed by atoms with Crippen LogP contribution in [0.4, 0.5) is 4.39 Å². The van der Waals surface area contributed by atoms with Gasteiger partial charge in [0, 0.05) is 5.02 Å². The highest BCUT2D eigenvalue weighted by Gasteiger charge is 2.44. The third kappa shape index (κ3) is 1.93. The molecule has 2 rings (SSSR count). The van der Waals surface area contributed by atoms with E-state index in [9.17, 15) is 14.3 Å². The summed E-state index contributed by atoms with van der Waals surface area (Å²) in [7, 11) is 0. The lowest BCUT2D eigenvalue weighted by Gasteiger charge is -2.26. The maximum atomic E-state index is 13.4. The van der Waals surface area contributed by atoms with Crippen LogP contribution < -0.4 is 0 Å². The SMILES string of the molecule is Cc1c(Cl)cc(F)cc1C1(C(=O)O)CCCC1. The molecule has 0 radical (unpaired) electrons. The second-order valence-electron chi connectivity index (χ2n) is 4.65. The molecule has 1 aromatic rings. The minimum absolute atomic E-state index is 0.299. The summed E-state index contributed by atoms with van der Waals surface area (Å²) in [6.45, 7) is 1.75. The van der Waals surface area contributed by atoms with Crippen LogP contribution in [0.1, 0.15) is 36.8 Å². The average Bonchev–Trinajstić information content (AvgIpc) is 2.73. The topological polar surface area (TPSA) is 37.3 Å². The predicted octanol–water partition coefficient (Wildman–Crippen LogP) is 3.68. The summed E-state index contributed by atoms with van der Waals surface area (Å²) >= 11 is 5.93. The fourth-order valence-corrected chi connectivity index (χ4v) is 2.93. The molecule has 1 saturated carbocycles. The number of benzene rings is 1. The van der Waals surface area contributed by atoms with Gasteiger partial charge in [0.05, 0.1) is 5.41 Å². The van der Waals surface area contributed by atoms with E-state index >= 15 is 0 Å². The van der Waals surface area contributed by atoms with Crippen LogP contribution in [0.15, 0.2) is 12.1 Å². The Morgan fingerprint density at radius 3 is 2.53 bits per heavy atom. The van der Waals surface area contributed by atoms with E-state index in [0.717, 1.165) is 12.8 Å². The summed E-state index contributed by atoms with van der Waals surface area (Å²) in [5.74, 6) is -1.34. The summed E-state index contributed by atoms with van der Waals surface area (Å²) < 4.78 is 13.4. The summed E-state index contributed by atoms with van der Waals surface area (Å²) in [5.41, 5.74) is 0.264. The molecular formula is C13H14ClFO2. The minimum Gasteiger partial charge on any atom is -0.481 e. The van der Waals surface area contributed by atoms with Crippen molar-refractivity contribution >= 4 is 17.6 Å². The first-order valence-electron chi connectivity index (χ1n) is 5.67. The van der Waals surface area contributed by atoms with E-state index in [1.807, 2.05) is 0 Å². The first kappa shape index (κ1) is 12.4. The van der Waals surface area contributed by atoms with Crippen LogP contribution in [-0.4, -0.2) is 11.1 Å². The summed E-state index contributed by atoms with van der Waals surface area (Å²) in [5, 5.41) is 9.76. The Bertz CT molecular complexity index is 465. The molecule has 1 fully saturated rings. The first-order chi connectivity index (χ1) is 7.97. The van der Waals surface area contributed by atoms with E-state index in [0.29, 0.717) is 29.0 Å². The van der Waals surface area contributed by atoms with Gasteiger partial charge in [0.15, 0.2) is 0 Å². The van der Waals surface area contributed by atoms with Gasteiger partial charge in [-0.15, -0.1) is 0 Å². The monoisotopic (exact) mass is 256 g/mol. The van der Waals surface area contributed by atoms with Crippen LogP contribution in [0, 0.1) is 12.7 Å². The van der Waals surface area contributed by atoms with E-state index in [1.165, 1.54) is 12.1 Å². The standard InChI is InChI=1S/C13H14ClFO2/c1-8-10(6-9(15)7-11(8)14)13(12(16)17)4-2-3-5-13/h6-7H,2-5H2,1H3,(H,16,17). The number of carboxylic acid groups (broad SMARTS) is 1. The lowest BCUT2D eigenvalue weighted by Crippen LogP contribution is -2.33. The van der Waals surface area contributed by atoms with Gasteiger partial charge in [-0.25, -0.2) is 4.39 Å². The number of aliphatic carboxylic acids is 1. The van der Waals surface area contributed by atoms with Crippen LogP contribution >= 0.6 is 11.6 Å². The zero-order chi connectivity index (χ0) is 12.6. The second-order valence-corrected chi connectivity index (χ2v) is 5.06. The number of hydrogen-bond acceptors (Lipinski definition) is 1. The molecule has 0 heterocycles. The molecule has 0 saturated heterocycles. The number of hydrogen-bond donors (Lipinski definition) is 1. The summed E-state index contributed by atoms with van der Waals surface area (Å²) in [6, 6.07) is 2.55. The van der Waals surface area contributed by atoms with E-state index in [4.69, 9.17) is 11.6 Å². The number of carbonyl (C=O) groups is 1. The molecule has 2 nitrogen and oxygen atoms in total. The molecule has 1 aliphatic rings. The van der Waals surface area contributed by atoms with Crippen LogP contribution in [-0.2, 0) is 10.2 Å². The first-order valence-corrected chi connectivity index (χ1v) is 6.05. The van der Waals surface area contributed by atoms with Crippen molar-refractivity contribution in [2.24, 2.45) is 0 Å². The lowest BCUT2D eigenvalue weighted by molar-refractivity contribution is -0.143. The van der Waals surface area contributed by atoms with Crippen molar-refractivity contribution in [2.45, 2.75) is 38.0 Å². The van der Waals surface area contributed by atoms with E-state index in [-0.39, 0.29) is 0 Å². The number of halogens is 2. The largest absolute Gasteiger partial charge is 0.481 e. The number of carboxylic acids is 1. The van der Waals surface area contributed by atoms with Crippen LogP contribution in [0.3, 0.4) is 0 Å². The molecule has 0 amide bonds. The predicted molar refractivity (Wildman–Crippen MR) is 63.9 cm³/mol. The normalized spacial score (nSPS) is 18.3. The zero-order valence-electron chi connectivity index (χ0n) is 9.59. The Balaban J connectivity index is 2.62. The maximum Gasteiger partial charge on any atom is 0.314 e. The quantitative estimate of drug-likeness (QED) is 0.876. The second kappa shape index (κ2) is 4.30. The molecule has 0 spiro atoms. The van der Waals surface area contributed by atoms with Crippen molar-refractivity contribution in [3.05, 3.63) is 34.1 Å². The lowest BCUT2D eigenvalue weighted by atomic mass is 9.77. The van der Waals surface area contributed by atoms with Crippen molar-refractivity contribution in [2.75, 3.05) is 0 Å². The Kier molecular flexibility index (Phi) is 3.13. The van der Waals surface area contributed by atoms with Crippen molar-refractivity contribution < 1.29 is 14.3 Å². The van der Waals surface area contributed by atoms with Gasteiger partial charge in [0.1, 0.15) is 5.82 Å². The third-order valence-electron chi connectivity index (χ3n) is 3.69. The smallest absolute Gasteiger partial charge is 0.314 e. The molecule has 0 unspecified atom stereocenters. The van der Waals surface area contributed by atoms with Gasteiger partial charge in [-0.1, -0.05) is 24.4 Å². The highest BCUT2D eigenvalue weighted by atomic mass is 35.5. The molecule has 4 heteroatoms. The Labute approximate surface area is 104 Å². The molecule has 1 aliphatic carbocycles.